The molecule has 0 fully saturated rings. The zero-order valence-electron chi connectivity index (χ0n) is 17.1. The summed E-state index contributed by atoms with van der Waals surface area (Å²) in [5.74, 6) is -0.312. The fraction of sp³-hybridized carbons (Fsp3) is 0.429. The van der Waals surface area contributed by atoms with Crippen LogP contribution in [-0.2, 0) is 22.5 Å². The Bertz CT molecular complexity index is 1040. The molecule has 2 aromatic heterocycles. The molecule has 0 spiro atoms. The summed E-state index contributed by atoms with van der Waals surface area (Å²) in [5, 5.41) is 8.43. The summed E-state index contributed by atoms with van der Waals surface area (Å²) in [4.78, 5) is 17.5. The van der Waals surface area contributed by atoms with Gasteiger partial charge in [-0.15, -0.1) is 16.7 Å². The highest BCUT2D eigenvalue weighted by Crippen LogP contribution is 2.43. The molecule has 28 heavy (non-hydrogen) atoms. The van der Waals surface area contributed by atoms with Gasteiger partial charge in [0.2, 0.25) is 0 Å². The molecular formula is C21H25ClN4O2. The van der Waals surface area contributed by atoms with Crippen molar-refractivity contribution < 1.29 is 9.53 Å². The first kappa shape index (κ1) is 20.3. The largest absolute Gasteiger partial charge is 0.469 e. The number of esters is 1. The van der Waals surface area contributed by atoms with Crippen LogP contribution in [0.5, 0.6) is 0 Å². The van der Waals surface area contributed by atoms with E-state index in [0.29, 0.717) is 5.88 Å². The smallest absolute Gasteiger partial charge is 0.312 e. The maximum atomic E-state index is 12.7. The zero-order valence-corrected chi connectivity index (χ0v) is 17.8. The number of nitrogens with zero attached hydrogens (tertiary/aromatic N) is 4. The number of halogens is 1. The molecule has 0 N–H and O–H groups in total. The van der Waals surface area contributed by atoms with E-state index < -0.39 is 5.41 Å². The Balaban J connectivity index is 2.28. The lowest BCUT2D eigenvalue weighted by Gasteiger charge is -2.33. The highest BCUT2D eigenvalue weighted by Gasteiger charge is 2.42. The predicted octanol–water partition coefficient (Wildman–Crippen LogP) is 4.05. The molecule has 6 nitrogen and oxygen atoms in total. The molecule has 3 rings (SSSR count). The first-order valence-corrected chi connectivity index (χ1v) is 9.65. The average molecular weight is 401 g/mol. The molecule has 0 aliphatic carbocycles. The first-order valence-electron chi connectivity index (χ1n) is 9.12. The fourth-order valence-corrected chi connectivity index (χ4v) is 4.01. The van der Waals surface area contributed by atoms with Gasteiger partial charge in [-0.05, 0) is 56.5 Å². The number of carbonyl (C=O) groups is 1. The normalized spacial score (nSPS) is 13.0. The molecule has 0 amide bonds. The Hall–Kier alpha value is -2.47. The lowest BCUT2D eigenvalue weighted by Crippen LogP contribution is -2.34. The van der Waals surface area contributed by atoms with Crippen molar-refractivity contribution in [2.24, 2.45) is 12.5 Å². The molecule has 2 heterocycles. The van der Waals surface area contributed by atoms with Crippen molar-refractivity contribution in [1.29, 1.82) is 0 Å². The van der Waals surface area contributed by atoms with Gasteiger partial charge in [0.05, 0.1) is 29.6 Å². The van der Waals surface area contributed by atoms with Crippen molar-refractivity contribution in [2.45, 2.75) is 39.5 Å². The molecular weight excluding hydrogens is 376 g/mol. The lowest BCUT2D eigenvalue weighted by molar-refractivity contribution is -0.151. The summed E-state index contributed by atoms with van der Waals surface area (Å²) < 4.78 is 6.86. The van der Waals surface area contributed by atoms with E-state index >= 15 is 0 Å². The van der Waals surface area contributed by atoms with Gasteiger partial charge in [0.1, 0.15) is 5.52 Å². The van der Waals surface area contributed by atoms with Crippen LogP contribution in [0, 0.1) is 19.3 Å². The van der Waals surface area contributed by atoms with Crippen LogP contribution in [-0.4, -0.2) is 33.1 Å². The lowest BCUT2D eigenvalue weighted by atomic mass is 9.71. The summed E-state index contributed by atoms with van der Waals surface area (Å²) >= 11 is 6.10. The summed E-state index contributed by atoms with van der Waals surface area (Å²) in [6.07, 6.45) is 0. The highest BCUT2D eigenvalue weighted by molar-refractivity contribution is 6.17. The van der Waals surface area contributed by atoms with Crippen LogP contribution in [0.1, 0.15) is 47.8 Å². The number of benzene rings is 1. The van der Waals surface area contributed by atoms with Crippen molar-refractivity contribution in [3.05, 3.63) is 52.3 Å². The topological polar surface area (TPSA) is 69.9 Å². The van der Waals surface area contributed by atoms with Crippen LogP contribution >= 0.6 is 11.6 Å². The van der Waals surface area contributed by atoms with Crippen molar-refractivity contribution in [2.75, 3.05) is 7.11 Å². The number of fused-ring (bicyclic) bond motifs is 1. The van der Waals surface area contributed by atoms with E-state index in [9.17, 15) is 4.79 Å². The van der Waals surface area contributed by atoms with Gasteiger partial charge in [0.15, 0.2) is 0 Å². The fourth-order valence-electron chi connectivity index (χ4n) is 3.74. The van der Waals surface area contributed by atoms with E-state index in [2.05, 4.69) is 10.3 Å². The van der Waals surface area contributed by atoms with E-state index in [4.69, 9.17) is 21.3 Å². The molecule has 0 saturated carbocycles. The number of hydrogen-bond donors (Lipinski definition) is 0. The molecule has 1 unspecified atom stereocenters. The minimum atomic E-state index is -0.846. The quantitative estimate of drug-likeness (QED) is 0.477. The molecule has 148 valence electrons. The predicted molar refractivity (Wildman–Crippen MR) is 109 cm³/mol. The Labute approximate surface area is 169 Å². The third-order valence-electron chi connectivity index (χ3n) is 5.47. The highest BCUT2D eigenvalue weighted by atomic mass is 35.5. The molecule has 1 atom stereocenters. The van der Waals surface area contributed by atoms with E-state index in [1.807, 2.05) is 59.0 Å². The van der Waals surface area contributed by atoms with Crippen LogP contribution in [0.25, 0.3) is 11.0 Å². The minimum absolute atomic E-state index is 0.300. The molecule has 3 aromatic rings. The number of rotatable bonds is 5. The van der Waals surface area contributed by atoms with Crippen molar-refractivity contribution in [3.63, 3.8) is 0 Å². The number of pyridine rings is 1. The summed E-state index contributed by atoms with van der Waals surface area (Å²) in [7, 11) is 3.27. The Kier molecular flexibility index (Phi) is 5.44. The molecule has 0 saturated heterocycles. The molecule has 1 aromatic carbocycles. The third-order valence-corrected chi connectivity index (χ3v) is 5.72. The van der Waals surface area contributed by atoms with Gasteiger partial charge in [0.25, 0.3) is 0 Å². The van der Waals surface area contributed by atoms with Gasteiger partial charge in [-0.3, -0.25) is 9.78 Å². The standard InChI is InChI=1S/C21H25ClN4O2/c1-12-7-9-15(23-16(12)11-22)18(21(3,4)20(27)28-6)14-8-10-17-19(13(14)2)24-25-26(17)5/h7-10,18H,11H2,1-6H3. The van der Waals surface area contributed by atoms with Gasteiger partial charge in [0, 0.05) is 18.7 Å². The molecule has 0 bridgehead atoms. The van der Waals surface area contributed by atoms with Crippen molar-refractivity contribution in [1.82, 2.24) is 20.0 Å². The second-order valence-corrected chi connectivity index (χ2v) is 7.91. The molecule has 0 radical (unpaired) electrons. The average Bonchev–Trinajstić information content (AvgIpc) is 3.05. The summed E-state index contributed by atoms with van der Waals surface area (Å²) in [6, 6.07) is 7.96. The van der Waals surface area contributed by atoms with E-state index in [0.717, 1.165) is 39.1 Å². The number of hydrogen-bond acceptors (Lipinski definition) is 5. The first-order chi connectivity index (χ1) is 13.2. The van der Waals surface area contributed by atoms with Crippen LogP contribution in [0.4, 0.5) is 0 Å². The van der Waals surface area contributed by atoms with Gasteiger partial charge in [-0.2, -0.15) is 0 Å². The van der Waals surface area contributed by atoms with Crippen LogP contribution in [0.15, 0.2) is 24.3 Å². The molecule has 7 heteroatoms. The van der Waals surface area contributed by atoms with E-state index in [-0.39, 0.29) is 11.9 Å². The van der Waals surface area contributed by atoms with E-state index in [1.54, 1.807) is 4.68 Å². The second kappa shape index (κ2) is 7.51. The zero-order chi connectivity index (χ0) is 20.6. The maximum Gasteiger partial charge on any atom is 0.312 e. The third kappa shape index (κ3) is 3.26. The maximum absolute atomic E-state index is 12.7. The summed E-state index contributed by atoms with van der Waals surface area (Å²) in [6.45, 7) is 7.74. The van der Waals surface area contributed by atoms with Crippen LogP contribution in [0.3, 0.4) is 0 Å². The number of aryl methyl sites for hydroxylation is 3. The number of aromatic nitrogens is 4. The number of ether oxygens (including phenoxy) is 1. The number of alkyl halides is 1. The number of carbonyl (C=O) groups excluding carboxylic acids is 1. The minimum Gasteiger partial charge on any atom is -0.469 e. The van der Waals surface area contributed by atoms with Gasteiger partial charge >= 0.3 is 5.97 Å². The van der Waals surface area contributed by atoms with Gasteiger partial charge < -0.3 is 4.74 Å². The Morgan fingerprint density at radius 2 is 1.96 bits per heavy atom. The Morgan fingerprint density at radius 3 is 2.61 bits per heavy atom. The SMILES string of the molecule is COC(=O)C(C)(C)C(c1ccc(C)c(CCl)n1)c1ccc2c(nnn2C)c1C. The van der Waals surface area contributed by atoms with E-state index in [1.165, 1.54) is 7.11 Å². The van der Waals surface area contributed by atoms with Crippen LogP contribution in [0.2, 0.25) is 0 Å². The monoisotopic (exact) mass is 400 g/mol. The Morgan fingerprint density at radius 1 is 1.25 bits per heavy atom. The second-order valence-electron chi connectivity index (χ2n) is 7.64. The van der Waals surface area contributed by atoms with Crippen LogP contribution < -0.4 is 0 Å². The molecule has 0 aliphatic rings. The van der Waals surface area contributed by atoms with Gasteiger partial charge in [-0.1, -0.05) is 17.3 Å². The molecule has 0 aliphatic heterocycles. The van der Waals surface area contributed by atoms with Gasteiger partial charge in [-0.25, -0.2) is 4.68 Å². The van der Waals surface area contributed by atoms with Crippen molar-refractivity contribution >= 4 is 28.6 Å². The van der Waals surface area contributed by atoms with Crippen molar-refractivity contribution in [3.8, 4) is 0 Å². The summed E-state index contributed by atoms with van der Waals surface area (Å²) in [5.41, 5.74) is 5.47. The number of methoxy groups -OCH3 is 1.